The van der Waals surface area contributed by atoms with Crippen molar-refractivity contribution in [1.29, 1.82) is 0 Å². The molecule has 2 aliphatic rings. The Bertz CT molecular complexity index is 1140. The second-order valence-corrected chi connectivity index (χ2v) is 8.42. The maximum absolute atomic E-state index is 13.4. The highest BCUT2D eigenvalue weighted by atomic mass is 19.1. The average Bonchev–Trinajstić information content (AvgIpc) is 3.14. The van der Waals surface area contributed by atoms with Gasteiger partial charge in [0.05, 0.1) is 17.0 Å². The van der Waals surface area contributed by atoms with E-state index in [-0.39, 0.29) is 29.9 Å². The van der Waals surface area contributed by atoms with E-state index in [4.69, 9.17) is 0 Å². The number of halogens is 1. The van der Waals surface area contributed by atoms with Crippen LogP contribution in [0.15, 0.2) is 60.2 Å². The summed E-state index contributed by atoms with van der Waals surface area (Å²) in [4.78, 5) is 52.3. The molecule has 8 nitrogen and oxygen atoms in total. The zero-order valence-corrected chi connectivity index (χ0v) is 18.5. The maximum atomic E-state index is 13.4. The largest absolute Gasteiger partial charge is 0.326 e. The van der Waals surface area contributed by atoms with Crippen molar-refractivity contribution in [3.05, 3.63) is 81.7 Å². The third kappa shape index (κ3) is 4.88. The smallest absolute Gasteiger partial charge is 0.269 e. The van der Waals surface area contributed by atoms with Crippen molar-refractivity contribution in [2.24, 2.45) is 0 Å². The van der Waals surface area contributed by atoms with Crippen LogP contribution in [0.25, 0.3) is 0 Å². The number of hydrogen-bond acceptors (Lipinski definition) is 5. The van der Waals surface area contributed by atoms with Crippen LogP contribution in [0.3, 0.4) is 0 Å². The molecule has 4 rings (SSSR count). The van der Waals surface area contributed by atoms with Crippen LogP contribution < -0.4 is 4.90 Å². The third-order valence-electron chi connectivity index (χ3n) is 6.23. The van der Waals surface area contributed by atoms with Gasteiger partial charge in [-0.25, -0.2) is 9.29 Å². The molecule has 1 saturated heterocycles. The van der Waals surface area contributed by atoms with Crippen molar-refractivity contribution >= 4 is 29.1 Å². The molecule has 1 heterocycles. The first kappa shape index (κ1) is 23.3. The predicted molar refractivity (Wildman–Crippen MR) is 123 cm³/mol. The molecule has 0 saturated carbocycles. The van der Waals surface area contributed by atoms with Gasteiger partial charge >= 0.3 is 0 Å². The van der Waals surface area contributed by atoms with Gasteiger partial charge in [-0.05, 0) is 68.5 Å². The average molecular weight is 465 g/mol. The zero-order chi connectivity index (χ0) is 24.2. The van der Waals surface area contributed by atoms with Crippen LogP contribution in [-0.2, 0) is 9.59 Å². The van der Waals surface area contributed by atoms with Gasteiger partial charge in [0.1, 0.15) is 11.9 Å². The molecule has 0 bridgehead atoms. The van der Waals surface area contributed by atoms with Gasteiger partial charge in [-0.1, -0.05) is 11.6 Å². The molecule has 0 spiro atoms. The molecule has 0 aromatic heterocycles. The van der Waals surface area contributed by atoms with Gasteiger partial charge < -0.3 is 4.90 Å². The molecule has 2 aromatic carbocycles. The Morgan fingerprint density at radius 2 is 1.79 bits per heavy atom. The highest BCUT2D eigenvalue weighted by Crippen LogP contribution is 2.29. The Labute approximate surface area is 195 Å². The molecule has 1 atom stereocenters. The van der Waals surface area contributed by atoms with Crippen molar-refractivity contribution < 1.29 is 23.7 Å². The number of amides is 3. The van der Waals surface area contributed by atoms with E-state index >= 15 is 0 Å². The third-order valence-corrected chi connectivity index (χ3v) is 6.23. The van der Waals surface area contributed by atoms with Gasteiger partial charge in [0.25, 0.3) is 17.5 Å². The number of nitro groups is 1. The molecular formula is C25H24FN3O5. The minimum Gasteiger partial charge on any atom is -0.326 e. The Kier molecular flexibility index (Phi) is 6.81. The number of carbonyl (C=O) groups is 3. The number of rotatable bonds is 7. The second kappa shape index (κ2) is 9.94. The molecular weight excluding hydrogens is 441 g/mol. The van der Waals surface area contributed by atoms with E-state index in [2.05, 4.69) is 6.08 Å². The van der Waals surface area contributed by atoms with Crippen LogP contribution in [0.5, 0.6) is 0 Å². The lowest BCUT2D eigenvalue weighted by molar-refractivity contribution is -0.384. The van der Waals surface area contributed by atoms with E-state index in [0.717, 1.165) is 30.6 Å². The quantitative estimate of drug-likeness (QED) is 0.261. The van der Waals surface area contributed by atoms with Crippen LogP contribution >= 0.6 is 0 Å². The molecule has 2 aromatic rings. The first-order valence-electron chi connectivity index (χ1n) is 11.2. The summed E-state index contributed by atoms with van der Waals surface area (Å²) in [7, 11) is 0. The standard InChI is InChI=1S/C25H24FN3O5/c26-19-8-12-20(13-9-19)28-23(30)16-22(25(28)32)27(15-14-17-4-2-1-3-5-17)24(31)18-6-10-21(11-7-18)29(33)34/h4,6-13,22H,1-3,5,14-16H2. The summed E-state index contributed by atoms with van der Waals surface area (Å²) in [5.74, 6) is -1.99. The molecule has 0 N–H and O–H groups in total. The van der Waals surface area contributed by atoms with Crippen molar-refractivity contribution in [3.8, 4) is 0 Å². The van der Waals surface area contributed by atoms with Gasteiger partial charge in [0.15, 0.2) is 0 Å². The number of nitrogens with zero attached hydrogens (tertiary/aromatic N) is 3. The highest BCUT2D eigenvalue weighted by molar-refractivity contribution is 6.23. The molecule has 1 aliphatic heterocycles. The first-order valence-corrected chi connectivity index (χ1v) is 11.2. The van der Waals surface area contributed by atoms with E-state index in [1.807, 2.05) is 0 Å². The molecule has 34 heavy (non-hydrogen) atoms. The molecule has 1 aliphatic carbocycles. The van der Waals surface area contributed by atoms with Gasteiger partial charge in [0, 0.05) is 24.2 Å². The Balaban J connectivity index is 1.61. The topological polar surface area (TPSA) is 101 Å². The Hall–Kier alpha value is -3.88. The van der Waals surface area contributed by atoms with Crippen molar-refractivity contribution in [2.75, 3.05) is 11.4 Å². The molecule has 176 valence electrons. The molecule has 1 fully saturated rings. The predicted octanol–water partition coefficient (Wildman–Crippen LogP) is 4.40. The lowest BCUT2D eigenvalue weighted by atomic mass is 9.96. The van der Waals surface area contributed by atoms with E-state index in [1.54, 1.807) is 0 Å². The summed E-state index contributed by atoms with van der Waals surface area (Å²) in [6, 6.07) is 9.20. The van der Waals surface area contributed by atoms with Crippen LogP contribution in [0.2, 0.25) is 0 Å². The van der Waals surface area contributed by atoms with Crippen LogP contribution in [0, 0.1) is 15.9 Å². The summed E-state index contributed by atoms with van der Waals surface area (Å²) in [6.45, 7) is 0.239. The fraction of sp³-hybridized carbons (Fsp3) is 0.320. The number of hydrogen-bond donors (Lipinski definition) is 0. The number of benzene rings is 2. The SMILES string of the molecule is O=C1CC(N(CCC2=CCCCC2)C(=O)c2ccc([N+](=O)[O-])cc2)C(=O)N1c1ccc(F)cc1. The minimum atomic E-state index is -1.01. The molecule has 0 radical (unpaired) electrons. The lowest BCUT2D eigenvalue weighted by Gasteiger charge is -2.28. The number of non-ortho nitro benzene ring substituents is 1. The first-order chi connectivity index (χ1) is 16.3. The van der Waals surface area contributed by atoms with E-state index in [1.165, 1.54) is 59.0 Å². The maximum Gasteiger partial charge on any atom is 0.269 e. The second-order valence-electron chi connectivity index (χ2n) is 8.42. The Morgan fingerprint density at radius 3 is 2.41 bits per heavy atom. The fourth-order valence-electron chi connectivity index (χ4n) is 4.41. The summed E-state index contributed by atoms with van der Waals surface area (Å²) in [6.07, 6.45) is 6.65. The van der Waals surface area contributed by atoms with E-state index < -0.39 is 34.5 Å². The molecule has 1 unspecified atom stereocenters. The van der Waals surface area contributed by atoms with E-state index in [0.29, 0.717) is 6.42 Å². The summed E-state index contributed by atoms with van der Waals surface area (Å²) in [5.41, 5.74) is 1.50. The number of anilines is 1. The van der Waals surface area contributed by atoms with Crippen molar-refractivity contribution in [2.45, 2.75) is 44.6 Å². The fourth-order valence-corrected chi connectivity index (χ4v) is 4.41. The molecule has 9 heteroatoms. The number of carbonyl (C=O) groups excluding carboxylic acids is 3. The Morgan fingerprint density at radius 1 is 1.09 bits per heavy atom. The molecule has 3 amide bonds. The summed E-state index contributed by atoms with van der Waals surface area (Å²) >= 11 is 0. The van der Waals surface area contributed by atoms with Crippen molar-refractivity contribution in [3.63, 3.8) is 0 Å². The summed E-state index contributed by atoms with van der Waals surface area (Å²) in [5, 5.41) is 11.0. The van der Waals surface area contributed by atoms with Gasteiger partial charge in [-0.15, -0.1) is 0 Å². The van der Waals surface area contributed by atoms with Crippen LogP contribution in [-0.4, -0.2) is 40.1 Å². The normalized spacial score (nSPS) is 18.1. The van der Waals surface area contributed by atoms with Crippen molar-refractivity contribution in [1.82, 2.24) is 4.90 Å². The number of nitro benzene ring substituents is 1. The number of allylic oxidation sites excluding steroid dienone is 1. The summed E-state index contributed by atoms with van der Waals surface area (Å²) < 4.78 is 13.3. The van der Waals surface area contributed by atoms with E-state index in [9.17, 15) is 28.9 Å². The van der Waals surface area contributed by atoms with Crippen LogP contribution in [0.1, 0.15) is 48.9 Å². The van der Waals surface area contributed by atoms with Gasteiger partial charge in [0.2, 0.25) is 5.91 Å². The highest BCUT2D eigenvalue weighted by Gasteiger charge is 2.44. The zero-order valence-electron chi connectivity index (χ0n) is 18.5. The number of imide groups is 1. The van der Waals surface area contributed by atoms with Crippen LogP contribution in [0.4, 0.5) is 15.8 Å². The van der Waals surface area contributed by atoms with Gasteiger partial charge in [-0.3, -0.25) is 24.5 Å². The monoisotopic (exact) mass is 465 g/mol. The lowest BCUT2D eigenvalue weighted by Crippen LogP contribution is -2.46. The minimum absolute atomic E-state index is 0.148. The van der Waals surface area contributed by atoms with Gasteiger partial charge in [-0.2, -0.15) is 0 Å².